The Morgan fingerprint density at radius 1 is 1.00 bits per heavy atom. The topological polar surface area (TPSA) is 66.8 Å². The zero-order chi connectivity index (χ0) is 28.4. The molecule has 0 aliphatic carbocycles. The van der Waals surface area contributed by atoms with Crippen molar-refractivity contribution in [2.45, 2.75) is 60.2 Å². The molecule has 3 amide bonds. The monoisotopic (exact) mass is 552 g/mol. The molecular formula is C31H41ClN4O3. The van der Waals surface area contributed by atoms with E-state index in [-0.39, 0.29) is 30.4 Å². The number of nitrogens with zero attached hydrogens (tertiary/aromatic N) is 3. The molecule has 39 heavy (non-hydrogen) atoms. The highest BCUT2D eigenvalue weighted by Crippen LogP contribution is 2.20. The predicted molar refractivity (Wildman–Crippen MR) is 158 cm³/mol. The third-order valence-corrected chi connectivity index (χ3v) is 6.99. The van der Waals surface area contributed by atoms with E-state index in [1.54, 1.807) is 17.0 Å². The molecule has 2 aromatic carbocycles. The normalized spacial score (nSPS) is 11.8. The van der Waals surface area contributed by atoms with Crippen molar-refractivity contribution in [3.8, 4) is 5.75 Å². The van der Waals surface area contributed by atoms with E-state index in [0.29, 0.717) is 31.9 Å². The van der Waals surface area contributed by atoms with Crippen LogP contribution in [0.4, 0.5) is 10.5 Å². The summed E-state index contributed by atoms with van der Waals surface area (Å²) in [4.78, 5) is 30.5. The SMILES string of the molecule is CCOc1ccc(NC(=O)N(CC(=O)N(Cc2cccn2Cc2ccccc2Cl)CC(C)C)C(C)CC)cc1. The third-order valence-electron chi connectivity index (χ3n) is 6.62. The van der Waals surface area contributed by atoms with Crippen molar-refractivity contribution in [1.29, 1.82) is 0 Å². The molecule has 3 rings (SSSR count). The average Bonchev–Trinajstić information content (AvgIpc) is 3.35. The van der Waals surface area contributed by atoms with Gasteiger partial charge in [0.05, 0.1) is 13.2 Å². The number of hydrogen-bond acceptors (Lipinski definition) is 3. The van der Waals surface area contributed by atoms with Crippen LogP contribution in [-0.2, 0) is 17.9 Å². The molecule has 1 unspecified atom stereocenters. The van der Waals surface area contributed by atoms with Crippen LogP contribution in [0.3, 0.4) is 0 Å². The van der Waals surface area contributed by atoms with E-state index in [1.165, 1.54) is 0 Å². The van der Waals surface area contributed by atoms with Gasteiger partial charge in [-0.3, -0.25) is 4.79 Å². The Morgan fingerprint density at radius 3 is 2.36 bits per heavy atom. The standard InChI is InChI=1S/C31H41ClN4O3/c1-6-24(5)36(31(38)33-26-14-16-28(17-15-26)39-7-2)22-30(37)35(19-23(3)4)21-27-12-10-18-34(27)20-25-11-8-9-13-29(25)32/h8-18,23-24H,6-7,19-22H2,1-5H3,(H,33,38). The maximum atomic E-state index is 13.7. The van der Waals surface area contributed by atoms with Gasteiger partial charge < -0.3 is 24.4 Å². The Bertz CT molecular complexity index is 1210. The number of carbonyl (C=O) groups excluding carboxylic acids is 2. The second-order valence-electron chi connectivity index (χ2n) is 10.2. The molecule has 0 aliphatic heterocycles. The molecule has 1 atom stereocenters. The van der Waals surface area contributed by atoms with Gasteiger partial charge in [0.1, 0.15) is 12.3 Å². The molecule has 1 aromatic heterocycles. The van der Waals surface area contributed by atoms with Gasteiger partial charge in [0.2, 0.25) is 5.91 Å². The number of anilines is 1. The molecule has 0 bridgehead atoms. The van der Waals surface area contributed by atoms with Crippen molar-refractivity contribution in [2.24, 2.45) is 5.92 Å². The minimum Gasteiger partial charge on any atom is -0.494 e. The third kappa shape index (κ3) is 8.79. The van der Waals surface area contributed by atoms with Gasteiger partial charge >= 0.3 is 6.03 Å². The van der Waals surface area contributed by atoms with Gasteiger partial charge in [-0.25, -0.2) is 4.79 Å². The second-order valence-corrected chi connectivity index (χ2v) is 10.6. The van der Waals surface area contributed by atoms with E-state index in [9.17, 15) is 9.59 Å². The van der Waals surface area contributed by atoms with Crippen LogP contribution in [0.15, 0.2) is 66.9 Å². The molecule has 7 nitrogen and oxygen atoms in total. The fraction of sp³-hybridized carbons (Fsp3) is 0.419. The Labute approximate surface area is 237 Å². The van der Waals surface area contributed by atoms with Crippen LogP contribution in [0.2, 0.25) is 5.02 Å². The van der Waals surface area contributed by atoms with Crippen LogP contribution < -0.4 is 10.1 Å². The number of aromatic nitrogens is 1. The summed E-state index contributed by atoms with van der Waals surface area (Å²) >= 11 is 6.40. The zero-order valence-corrected chi connectivity index (χ0v) is 24.4. The van der Waals surface area contributed by atoms with Crippen LogP contribution in [0.5, 0.6) is 5.75 Å². The largest absolute Gasteiger partial charge is 0.494 e. The first-order chi connectivity index (χ1) is 18.7. The van der Waals surface area contributed by atoms with Gasteiger partial charge in [-0.15, -0.1) is 0 Å². The molecule has 8 heteroatoms. The fourth-order valence-electron chi connectivity index (χ4n) is 4.34. The maximum Gasteiger partial charge on any atom is 0.322 e. The number of ether oxygens (including phenoxy) is 1. The minimum atomic E-state index is -0.298. The molecule has 3 aromatic rings. The minimum absolute atomic E-state index is 0.00416. The first-order valence-electron chi connectivity index (χ1n) is 13.7. The Balaban J connectivity index is 1.74. The number of nitrogens with one attached hydrogen (secondary N) is 1. The summed E-state index contributed by atoms with van der Waals surface area (Å²) in [5, 5.41) is 3.66. The van der Waals surface area contributed by atoms with E-state index < -0.39 is 0 Å². The summed E-state index contributed by atoms with van der Waals surface area (Å²) in [7, 11) is 0. The summed E-state index contributed by atoms with van der Waals surface area (Å²) in [5.74, 6) is 0.931. The highest BCUT2D eigenvalue weighted by Gasteiger charge is 2.26. The lowest BCUT2D eigenvalue weighted by Crippen LogP contribution is -2.48. The van der Waals surface area contributed by atoms with Crippen molar-refractivity contribution >= 4 is 29.2 Å². The predicted octanol–water partition coefficient (Wildman–Crippen LogP) is 6.91. The van der Waals surface area contributed by atoms with E-state index in [1.807, 2.05) is 80.4 Å². The van der Waals surface area contributed by atoms with E-state index in [4.69, 9.17) is 16.3 Å². The molecule has 0 saturated carbocycles. The second kappa shape index (κ2) is 14.6. The van der Waals surface area contributed by atoms with Crippen molar-refractivity contribution < 1.29 is 14.3 Å². The van der Waals surface area contributed by atoms with Gasteiger partial charge in [0.25, 0.3) is 0 Å². The quantitative estimate of drug-likeness (QED) is 0.251. The van der Waals surface area contributed by atoms with Crippen molar-refractivity contribution in [3.63, 3.8) is 0 Å². The number of rotatable bonds is 13. The number of hydrogen-bond donors (Lipinski definition) is 1. The Kier molecular flexibility index (Phi) is 11.3. The molecule has 1 heterocycles. The van der Waals surface area contributed by atoms with Crippen LogP contribution in [0, 0.1) is 5.92 Å². The number of urea groups is 1. The molecule has 1 N–H and O–H groups in total. The Hall–Kier alpha value is -3.45. The van der Waals surface area contributed by atoms with E-state index >= 15 is 0 Å². The summed E-state index contributed by atoms with van der Waals surface area (Å²) in [6, 6.07) is 18.6. The molecule has 0 spiro atoms. The highest BCUT2D eigenvalue weighted by molar-refractivity contribution is 6.31. The number of halogens is 1. The summed E-state index contributed by atoms with van der Waals surface area (Å²) in [6.07, 6.45) is 2.74. The van der Waals surface area contributed by atoms with Crippen molar-refractivity contribution in [2.75, 3.05) is 25.0 Å². The van der Waals surface area contributed by atoms with Gasteiger partial charge in [-0.05, 0) is 74.2 Å². The highest BCUT2D eigenvalue weighted by atomic mass is 35.5. The lowest BCUT2D eigenvalue weighted by Gasteiger charge is -2.32. The number of benzene rings is 2. The molecule has 0 aliphatic rings. The van der Waals surface area contributed by atoms with Crippen LogP contribution in [0.25, 0.3) is 0 Å². The summed E-state index contributed by atoms with van der Waals surface area (Å²) in [6.45, 7) is 12.3. The summed E-state index contributed by atoms with van der Waals surface area (Å²) in [5.41, 5.74) is 2.69. The molecule has 0 radical (unpaired) electrons. The first-order valence-corrected chi connectivity index (χ1v) is 14.0. The van der Waals surface area contributed by atoms with Crippen LogP contribution >= 0.6 is 11.6 Å². The van der Waals surface area contributed by atoms with E-state index in [0.717, 1.165) is 28.5 Å². The molecular weight excluding hydrogens is 512 g/mol. The fourth-order valence-corrected chi connectivity index (χ4v) is 4.53. The maximum absolute atomic E-state index is 13.7. The number of amides is 3. The molecule has 0 saturated heterocycles. The van der Waals surface area contributed by atoms with E-state index in [2.05, 4.69) is 23.7 Å². The number of carbonyl (C=O) groups is 2. The smallest absolute Gasteiger partial charge is 0.322 e. The van der Waals surface area contributed by atoms with Gasteiger partial charge in [-0.1, -0.05) is 50.6 Å². The lowest BCUT2D eigenvalue weighted by atomic mass is 10.2. The van der Waals surface area contributed by atoms with Gasteiger partial charge in [0, 0.05) is 41.7 Å². The average molecular weight is 553 g/mol. The van der Waals surface area contributed by atoms with Gasteiger partial charge in [-0.2, -0.15) is 0 Å². The molecule has 210 valence electrons. The van der Waals surface area contributed by atoms with Crippen LogP contribution in [-0.4, -0.2) is 52.0 Å². The van der Waals surface area contributed by atoms with Crippen molar-refractivity contribution in [1.82, 2.24) is 14.4 Å². The molecule has 0 fully saturated rings. The van der Waals surface area contributed by atoms with Crippen molar-refractivity contribution in [3.05, 3.63) is 83.1 Å². The Morgan fingerprint density at radius 2 is 1.72 bits per heavy atom. The van der Waals surface area contributed by atoms with Gasteiger partial charge in [0.15, 0.2) is 0 Å². The lowest BCUT2D eigenvalue weighted by molar-refractivity contribution is -0.133. The first kappa shape index (κ1) is 30.1. The zero-order valence-electron chi connectivity index (χ0n) is 23.7. The van der Waals surface area contributed by atoms with Crippen LogP contribution in [0.1, 0.15) is 52.3 Å². The summed E-state index contributed by atoms with van der Waals surface area (Å²) < 4.78 is 7.61.